The Kier molecular flexibility index (Phi) is 7.63. The summed E-state index contributed by atoms with van der Waals surface area (Å²) >= 11 is 0. The van der Waals surface area contributed by atoms with Crippen LogP contribution in [0.5, 0.6) is 5.75 Å². The van der Waals surface area contributed by atoms with Gasteiger partial charge in [0.25, 0.3) is 0 Å². The molecule has 0 aliphatic carbocycles. The van der Waals surface area contributed by atoms with E-state index in [9.17, 15) is 0 Å². The normalized spacial score (nSPS) is 11.7. The van der Waals surface area contributed by atoms with Gasteiger partial charge in [-0.05, 0) is 65.9 Å². The van der Waals surface area contributed by atoms with Crippen LogP contribution in [0.3, 0.4) is 0 Å². The van der Waals surface area contributed by atoms with Crippen molar-refractivity contribution in [2.24, 2.45) is 0 Å². The lowest BCUT2D eigenvalue weighted by molar-refractivity contribution is 0.0514. The topological polar surface area (TPSA) is 18.5 Å². The summed E-state index contributed by atoms with van der Waals surface area (Å²) in [7, 11) is 3.01. The van der Waals surface area contributed by atoms with E-state index in [1.807, 2.05) is 0 Å². The average Bonchev–Trinajstić information content (AvgIpc) is 2.68. The highest BCUT2D eigenvalue weighted by Crippen LogP contribution is 2.28. The molecule has 146 valence electrons. The number of aryl methyl sites for hydroxylation is 3. The average molecular weight is 410 g/mol. The standard InChI is InChI=1S/C24H28O2P2/c1-17-13-19(3)23(26-16-25-4)22(14-17)28-24-18(2)9-8-10-20(24)15-27-21-11-6-5-7-12-21/h5-14,27-28H,15-16H2,1-4H3. The summed E-state index contributed by atoms with van der Waals surface area (Å²) in [5, 5.41) is 4.11. The Morgan fingerprint density at radius 1 is 0.857 bits per heavy atom. The van der Waals surface area contributed by atoms with Crippen molar-refractivity contribution in [3.63, 3.8) is 0 Å². The summed E-state index contributed by atoms with van der Waals surface area (Å²) in [5.74, 6) is 0.963. The molecule has 0 aliphatic heterocycles. The first kappa shape index (κ1) is 21.0. The fourth-order valence-corrected chi connectivity index (χ4v) is 6.16. The molecule has 0 radical (unpaired) electrons. The van der Waals surface area contributed by atoms with Crippen molar-refractivity contribution in [1.82, 2.24) is 0 Å². The lowest BCUT2D eigenvalue weighted by atomic mass is 10.1. The van der Waals surface area contributed by atoms with Crippen molar-refractivity contribution >= 4 is 33.1 Å². The molecule has 0 aromatic heterocycles. The third-order valence-corrected chi connectivity index (χ3v) is 7.52. The van der Waals surface area contributed by atoms with Crippen LogP contribution in [-0.4, -0.2) is 13.9 Å². The molecule has 0 N–H and O–H groups in total. The molecule has 3 rings (SSSR count). The first-order chi connectivity index (χ1) is 13.6. The second-order valence-corrected chi connectivity index (χ2v) is 9.54. The highest BCUT2D eigenvalue weighted by molar-refractivity contribution is 7.56. The minimum atomic E-state index is 0.275. The van der Waals surface area contributed by atoms with Gasteiger partial charge in [0, 0.05) is 12.4 Å². The van der Waals surface area contributed by atoms with Gasteiger partial charge in [-0.1, -0.05) is 71.8 Å². The fourth-order valence-electron chi connectivity index (χ4n) is 3.30. The van der Waals surface area contributed by atoms with E-state index < -0.39 is 0 Å². The Morgan fingerprint density at radius 2 is 1.64 bits per heavy atom. The zero-order chi connectivity index (χ0) is 19.9. The lowest BCUT2D eigenvalue weighted by Gasteiger charge is -2.18. The van der Waals surface area contributed by atoms with Gasteiger partial charge in [-0.25, -0.2) is 0 Å². The molecule has 0 heterocycles. The highest BCUT2D eigenvalue weighted by atomic mass is 31.1. The van der Waals surface area contributed by atoms with Crippen LogP contribution in [0.4, 0.5) is 0 Å². The molecule has 0 saturated carbocycles. The molecule has 2 atom stereocenters. The maximum Gasteiger partial charge on any atom is 0.188 e. The Bertz CT molecular complexity index is 923. The van der Waals surface area contributed by atoms with Crippen LogP contribution >= 0.6 is 17.2 Å². The highest BCUT2D eigenvalue weighted by Gasteiger charge is 2.13. The Hall–Kier alpha value is -1.72. The maximum absolute atomic E-state index is 5.94. The Morgan fingerprint density at radius 3 is 2.39 bits per heavy atom. The van der Waals surface area contributed by atoms with Crippen molar-refractivity contribution in [3.8, 4) is 5.75 Å². The molecule has 3 aromatic carbocycles. The van der Waals surface area contributed by atoms with Gasteiger partial charge in [-0.2, -0.15) is 0 Å². The van der Waals surface area contributed by atoms with Gasteiger partial charge in [-0.15, -0.1) is 0 Å². The minimum Gasteiger partial charge on any atom is -0.467 e. The van der Waals surface area contributed by atoms with Crippen LogP contribution in [0.2, 0.25) is 0 Å². The molecule has 0 aliphatic rings. The monoisotopic (exact) mass is 410 g/mol. The van der Waals surface area contributed by atoms with Crippen molar-refractivity contribution in [2.75, 3.05) is 13.9 Å². The third kappa shape index (κ3) is 5.42. The quantitative estimate of drug-likeness (QED) is 0.395. The summed E-state index contributed by atoms with van der Waals surface area (Å²) in [4.78, 5) is 0. The summed E-state index contributed by atoms with van der Waals surface area (Å²) in [6, 6.07) is 21.9. The molecule has 0 fully saturated rings. The number of hydrogen-bond donors (Lipinski definition) is 0. The van der Waals surface area contributed by atoms with E-state index in [0.717, 1.165) is 20.5 Å². The predicted octanol–water partition coefficient (Wildman–Crippen LogP) is 4.73. The van der Waals surface area contributed by atoms with Crippen molar-refractivity contribution in [3.05, 3.63) is 82.9 Å². The molecule has 4 heteroatoms. The summed E-state index contributed by atoms with van der Waals surface area (Å²) < 4.78 is 11.1. The first-order valence-electron chi connectivity index (χ1n) is 9.46. The third-order valence-electron chi connectivity index (χ3n) is 4.62. The number of benzene rings is 3. The molecule has 0 spiro atoms. The molecular weight excluding hydrogens is 382 g/mol. The number of methoxy groups -OCH3 is 1. The van der Waals surface area contributed by atoms with Crippen LogP contribution < -0.4 is 20.7 Å². The van der Waals surface area contributed by atoms with Crippen LogP contribution in [-0.2, 0) is 10.9 Å². The van der Waals surface area contributed by atoms with E-state index in [4.69, 9.17) is 9.47 Å². The largest absolute Gasteiger partial charge is 0.467 e. The van der Waals surface area contributed by atoms with Gasteiger partial charge >= 0.3 is 0 Å². The van der Waals surface area contributed by atoms with Crippen molar-refractivity contribution in [1.29, 1.82) is 0 Å². The first-order valence-corrected chi connectivity index (χ1v) is 11.7. The predicted molar refractivity (Wildman–Crippen MR) is 125 cm³/mol. The van der Waals surface area contributed by atoms with Gasteiger partial charge in [0.05, 0.1) is 0 Å². The van der Waals surface area contributed by atoms with Gasteiger partial charge in [0.15, 0.2) is 6.79 Å². The second-order valence-electron chi connectivity index (χ2n) is 6.96. The summed E-state index contributed by atoms with van der Waals surface area (Å²) in [5.41, 5.74) is 5.23. The number of ether oxygens (including phenoxy) is 2. The molecule has 0 bridgehead atoms. The van der Waals surface area contributed by atoms with Gasteiger partial charge < -0.3 is 9.47 Å². The molecule has 0 saturated heterocycles. The van der Waals surface area contributed by atoms with Gasteiger partial charge in [0.2, 0.25) is 0 Å². The van der Waals surface area contributed by atoms with E-state index >= 15 is 0 Å². The van der Waals surface area contributed by atoms with E-state index in [0.29, 0.717) is 8.58 Å². The molecular formula is C24H28O2P2. The van der Waals surface area contributed by atoms with E-state index in [1.165, 1.54) is 38.2 Å². The molecule has 3 aromatic rings. The molecule has 2 unspecified atom stereocenters. The Balaban J connectivity index is 1.90. The SMILES string of the molecule is COCOc1c(C)cc(C)cc1Pc1c(C)cccc1CPc1ccccc1. The zero-order valence-electron chi connectivity index (χ0n) is 17.0. The lowest BCUT2D eigenvalue weighted by Crippen LogP contribution is -2.16. The minimum absolute atomic E-state index is 0.275. The van der Waals surface area contributed by atoms with E-state index in [2.05, 4.69) is 81.4 Å². The fraction of sp³-hybridized carbons (Fsp3) is 0.250. The van der Waals surface area contributed by atoms with Crippen LogP contribution in [0.15, 0.2) is 60.7 Å². The maximum atomic E-state index is 5.94. The van der Waals surface area contributed by atoms with Gasteiger partial charge in [0.1, 0.15) is 5.75 Å². The van der Waals surface area contributed by atoms with E-state index in [-0.39, 0.29) is 6.79 Å². The van der Waals surface area contributed by atoms with Crippen LogP contribution in [0, 0.1) is 20.8 Å². The summed E-state index contributed by atoms with van der Waals surface area (Å²) in [6.45, 7) is 6.76. The molecule has 2 nitrogen and oxygen atoms in total. The van der Waals surface area contributed by atoms with Gasteiger partial charge in [-0.3, -0.25) is 0 Å². The van der Waals surface area contributed by atoms with Crippen molar-refractivity contribution < 1.29 is 9.47 Å². The molecule has 28 heavy (non-hydrogen) atoms. The zero-order valence-corrected chi connectivity index (χ0v) is 19.0. The van der Waals surface area contributed by atoms with Crippen molar-refractivity contribution in [2.45, 2.75) is 26.9 Å². The van der Waals surface area contributed by atoms with Crippen LogP contribution in [0.25, 0.3) is 0 Å². The van der Waals surface area contributed by atoms with E-state index in [1.54, 1.807) is 7.11 Å². The van der Waals surface area contributed by atoms with Crippen LogP contribution in [0.1, 0.15) is 22.3 Å². The number of hydrogen-bond acceptors (Lipinski definition) is 2. The summed E-state index contributed by atoms with van der Waals surface area (Å²) in [6.07, 6.45) is 1.08. The Labute approximate surface area is 172 Å². The molecule has 0 amide bonds. The smallest absolute Gasteiger partial charge is 0.188 e. The second kappa shape index (κ2) is 10.2. The number of rotatable bonds is 8.